The molecule has 0 amide bonds. The second-order valence-electron chi connectivity index (χ2n) is 6.31. The van der Waals surface area contributed by atoms with Crippen molar-refractivity contribution in [1.29, 1.82) is 0 Å². The topological polar surface area (TPSA) is 71.5 Å². The molecule has 4 rings (SSSR count). The van der Waals surface area contributed by atoms with Crippen LogP contribution in [0.15, 0.2) is 60.1 Å². The lowest BCUT2D eigenvalue weighted by molar-refractivity contribution is -0.137. The number of aromatic nitrogens is 4. The highest BCUT2D eigenvalue weighted by atomic mass is 32.1. The van der Waals surface area contributed by atoms with Gasteiger partial charge in [0.2, 0.25) is 0 Å². The molecule has 0 atom stereocenters. The van der Waals surface area contributed by atoms with Crippen molar-refractivity contribution < 1.29 is 18.0 Å². The summed E-state index contributed by atoms with van der Waals surface area (Å²) in [7, 11) is 0. The average molecular weight is 414 g/mol. The number of benzene rings is 2. The van der Waals surface area contributed by atoms with Gasteiger partial charge in [0, 0.05) is 17.4 Å². The lowest BCUT2D eigenvalue weighted by Gasteiger charge is -2.07. The zero-order valence-corrected chi connectivity index (χ0v) is 15.6. The minimum Gasteiger partial charge on any atom is -0.338 e. The number of H-pyrrole nitrogens is 1. The molecule has 0 saturated heterocycles. The van der Waals surface area contributed by atoms with E-state index < -0.39 is 11.7 Å². The highest BCUT2D eigenvalue weighted by Gasteiger charge is 2.30. The predicted molar refractivity (Wildman–Crippen MR) is 102 cm³/mol. The minimum absolute atomic E-state index is 0.111. The van der Waals surface area contributed by atoms with Crippen LogP contribution >= 0.6 is 11.5 Å². The molecule has 0 aliphatic heterocycles. The first-order valence-electron chi connectivity index (χ1n) is 8.52. The molecule has 0 aliphatic carbocycles. The molecule has 0 aliphatic rings. The maximum atomic E-state index is 12.9. The van der Waals surface area contributed by atoms with Gasteiger partial charge in [0.15, 0.2) is 5.78 Å². The Morgan fingerprint density at radius 2 is 1.86 bits per heavy atom. The van der Waals surface area contributed by atoms with Gasteiger partial charge in [0.25, 0.3) is 0 Å². The van der Waals surface area contributed by atoms with Crippen molar-refractivity contribution in [3.05, 3.63) is 76.9 Å². The number of hydrogen-bond donors (Lipinski definition) is 1. The third kappa shape index (κ3) is 4.24. The molecule has 0 bridgehead atoms. The Morgan fingerprint density at radius 1 is 1.07 bits per heavy atom. The fraction of sp³-hybridized carbons (Fsp3) is 0.100. The number of hydrogen-bond acceptors (Lipinski definition) is 5. The van der Waals surface area contributed by atoms with Gasteiger partial charge in [-0.3, -0.25) is 4.79 Å². The van der Waals surface area contributed by atoms with Crippen molar-refractivity contribution in [3.8, 4) is 22.6 Å². The van der Waals surface area contributed by atoms with Gasteiger partial charge in [-0.2, -0.15) is 13.2 Å². The second kappa shape index (κ2) is 7.59. The number of carbonyl (C=O) groups is 1. The van der Waals surface area contributed by atoms with Crippen molar-refractivity contribution in [2.45, 2.75) is 12.6 Å². The number of rotatable bonds is 5. The highest BCUT2D eigenvalue weighted by Crippen LogP contribution is 2.32. The lowest BCUT2D eigenvalue weighted by atomic mass is 10.0. The zero-order chi connectivity index (χ0) is 20.4. The maximum Gasteiger partial charge on any atom is 0.416 e. The van der Waals surface area contributed by atoms with Gasteiger partial charge in [0.1, 0.15) is 11.5 Å². The summed E-state index contributed by atoms with van der Waals surface area (Å²) in [5.74, 6) is 0.237. The summed E-state index contributed by atoms with van der Waals surface area (Å²) in [5.41, 5.74) is 2.27. The smallest absolute Gasteiger partial charge is 0.338 e. The fourth-order valence-electron chi connectivity index (χ4n) is 2.82. The summed E-state index contributed by atoms with van der Waals surface area (Å²) in [6.07, 6.45) is -2.63. The Kier molecular flexibility index (Phi) is 4.98. The summed E-state index contributed by atoms with van der Waals surface area (Å²) in [6.45, 7) is 0. The summed E-state index contributed by atoms with van der Waals surface area (Å²) >= 11 is 1.13. The van der Waals surface area contributed by atoms with Crippen LogP contribution in [-0.4, -0.2) is 25.3 Å². The molecule has 5 nitrogen and oxygen atoms in total. The van der Waals surface area contributed by atoms with Crippen molar-refractivity contribution in [2.75, 3.05) is 0 Å². The number of Topliss-reactive ketones (excluding diaryl/α,β-unsaturated/α-hetero) is 1. The molecule has 4 aromatic rings. The molecule has 1 N–H and O–H groups in total. The third-order valence-electron chi connectivity index (χ3n) is 4.31. The summed E-state index contributed by atoms with van der Waals surface area (Å²) < 4.78 is 42.4. The monoisotopic (exact) mass is 414 g/mol. The van der Waals surface area contributed by atoms with E-state index in [1.807, 2.05) is 24.3 Å². The Bertz CT molecular complexity index is 1140. The number of nitrogens with zero attached hydrogens (tertiary/aromatic N) is 3. The molecule has 9 heteroatoms. The third-order valence-corrected chi connectivity index (χ3v) is 4.82. The number of alkyl halides is 3. The largest absolute Gasteiger partial charge is 0.416 e. The van der Waals surface area contributed by atoms with Gasteiger partial charge in [-0.25, -0.2) is 4.98 Å². The molecule has 0 radical (unpaired) electrons. The first-order valence-corrected chi connectivity index (χ1v) is 9.36. The Labute approximate surface area is 167 Å². The Morgan fingerprint density at radius 3 is 2.55 bits per heavy atom. The van der Waals surface area contributed by atoms with E-state index in [9.17, 15) is 18.0 Å². The van der Waals surface area contributed by atoms with Crippen LogP contribution in [0.5, 0.6) is 0 Å². The van der Waals surface area contributed by atoms with Crippen LogP contribution in [0.4, 0.5) is 13.2 Å². The molecule has 2 aromatic heterocycles. The number of halogens is 3. The quantitative estimate of drug-likeness (QED) is 0.465. The van der Waals surface area contributed by atoms with E-state index in [0.717, 1.165) is 34.8 Å². The van der Waals surface area contributed by atoms with Gasteiger partial charge in [-0.1, -0.05) is 40.9 Å². The van der Waals surface area contributed by atoms with Gasteiger partial charge < -0.3 is 4.98 Å². The molecule has 0 fully saturated rings. The van der Waals surface area contributed by atoms with Crippen molar-refractivity contribution in [1.82, 2.24) is 19.6 Å². The van der Waals surface area contributed by atoms with Crippen LogP contribution in [0.2, 0.25) is 0 Å². The summed E-state index contributed by atoms with van der Waals surface area (Å²) in [4.78, 5) is 19.3. The highest BCUT2D eigenvalue weighted by molar-refractivity contribution is 7.03. The molecule has 2 heterocycles. The second-order valence-corrected chi connectivity index (χ2v) is 6.92. The van der Waals surface area contributed by atoms with Crippen molar-refractivity contribution in [2.24, 2.45) is 0 Å². The SMILES string of the molecule is O=C(Cc1ccc(-c2cnc(-c3cccc(C(F)(F)F)c3)[nH]2)cc1)c1csnn1. The van der Waals surface area contributed by atoms with E-state index in [1.165, 1.54) is 6.07 Å². The number of carbonyl (C=O) groups excluding carboxylic acids is 1. The van der Waals surface area contributed by atoms with Crippen LogP contribution < -0.4 is 0 Å². The molecule has 2 aromatic carbocycles. The van der Waals surface area contributed by atoms with Gasteiger partial charge in [-0.05, 0) is 34.8 Å². The van der Waals surface area contributed by atoms with E-state index in [-0.39, 0.29) is 12.2 Å². The summed E-state index contributed by atoms with van der Waals surface area (Å²) in [6, 6.07) is 12.3. The van der Waals surface area contributed by atoms with Gasteiger partial charge in [-0.15, -0.1) is 5.10 Å². The maximum absolute atomic E-state index is 12.9. The standard InChI is InChI=1S/C20H13F3N4OS/c21-20(22,23)15-3-1-2-14(9-15)19-24-10-16(25-19)13-6-4-12(5-7-13)8-18(28)17-11-29-27-26-17/h1-7,9-11H,8H2,(H,24,25). The minimum atomic E-state index is -4.41. The van der Waals surface area contributed by atoms with E-state index in [2.05, 4.69) is 19.6 Å². The first-order chi connectivity index (χ1) is 13.9. The molecule has 0 saturated carbocycles. The number of nitrogens with one attached hydrogen (secondary N) is 1. The van der Waals surface area contributed by atoms with Crippen LogP contribution in [-0.2, 0) is 12.6 Å². The van der Waals surface area contributed by atoms with E-state index in [4.69, 9.17) is 0 Å². The zero-order valence-electron chi connectivity index (χ0n) is 14.8. The molecule has 0 unspecified atom stereocenters. The van der Waals surface area contributed by atoms with Crippen molar-refractivity contribution >= 4 is 17.3 Å². The first kappa shape index (κ1) is 19.0. The molecule has 0 spiro atoms. The average Bonchev–Trinajstić information content (AvgIpc) is 3.40. The van der Waals surface area contributed by atoms with Gasteiger partial charge in [0.05, 0.1) is 17.5 Å². The van der Waals surface area contributed by atoms with E-state index in [0.29, 0.717) is 22.8 Å². The van der Waals surface area contributed by atoms with Crippen LogP contribution in [0.25, 0.3) is 22.6 Å². The summed E-state index contributed by atoms with van der Waals surface area (Å²) in [5, 5.41) is 5.37. The van der Waals surface area contributed by atoms with Gasteiger partial charge >= 0.3 is 6.18 Å². The van der Waals surface area contributed by atoms with Crippen molar-refractivity contribution in [3.63, 3.8) is 0 Å². The molecule has 146 valence electrons. The molecular formula is C20H13F3N4OS. The fourth-order valence-corrected chi connectivity index (χ4v) is 3.28. The number of aromatic amines is 1. The lowest BCUT2D eigenvalue weighted by Crippen LogP contribution is -2.04. The number of ketones is 1. The Balaban J connectivity index is 1.52. The van der Waals surface area contributed by atoms with Crippen LogP contribution in [0.3, 0.4) is 0 Å². The van der Waals surface area contributed by atoms with Crippen LogP contribution in [0.1, 0.15) is 21.6 Å². The molecular weight excluding hydrogens is 401 g/mol. The van der Waals surface area contributed by atoms with E-state index >= 15 is 0 Å². The van der Waals surface area contributed by atoms with Crippen LogP contribution in [0, 0.1) is 0 Å². The normalized spacial score (nSPS) is 11.6. The Hall–Kier alpha value is -3.33. The van der Waals surface area contributed by atoms with E-state index in [1.54, 1.807) is 17.6 Å². The molecule has 29 heavy (non-hydrogen) atoms. The number of imidazole rings is 1. The predicted octanol–water partition coefficient (Wildman–Crippen LogP) is 5.04.